The maximum atomic E-state index is 12.5. The molecule has 9 heteroatoms. The molecule has 2 unspecified atom stereocenters. The second kappa shape index (κ2) is 13.8. The zero-order valence-corrected chi connectivity index (χ0v) is 21.9. The lowest BCUT2D eigenvalue weighted by atomic mass is 9.98. The van der Waals surface area contributed by atoms with Gasteiger partial charge in [-0.05, 0) is 28.0 Å². The van der Waals surface area contributed by atoms with E-state index in [1.54, 1.807) is 13.8 Å². The molecule has 0 radical (unpaired) electrons. The van der Waals surface area contributed by atoms with E-state index in [1.165, 1.54) is 11.8 Å². The molecule has 198 valence electrons. The first-order chi connectivity index (χ1) is 17.8. The number of benzene rings is 2. The van der Waals surface area contributed by atoms with Crippen molar-refractivity contribution in [3.05, 3.63) is 59.7 Å². The van der Waals surface area contributed by atoms with Gasteiger partial charge in [-0.15, -0.1) is 0 Å². The average Bonchev–Trinajstić information content (AvgIpc) is 3.22. The van der Waals surface area contributed by atoms with E-state index in [-0.39, 0.29) is 55.4 Å². The lowest BCUT2D eigenvalue weighted by molar-refractivity contribution is -0.145. The van der Waals surface area contributed by atoms with Crippen LogP contribution in [0.1, 0.15) is 50.2 Å². The molecule has 2 atom stereocenters. The monoisotopic (exact) mass is 527 g/mol. The number of carboxylic acids is 1. The van der Waals surface area contributed by atoms with Gasteiger partial charge >= 0.3 is 18.0 Å². The van der Waals surface area contributed by atoms with Crippen LogP contribution in [0.25, 0.3) is 11.1 Å². The SMILES string of the molecule is CCC(=O)CC(COC(=O)CC)CSCC(NC(=O)OCC1c2ccccc2-c2ccccc21)C(=O)O. The number of Topliss-reactive ketones (excluding diaryl/α,β-unsaturated/α-hetero) is 1. The summed E-state index contributed by atoms with van der Waals surface area (Å²) in [5.74, 6) is -1.34. The molecule has 1 aliphatic carbocycles. The molecule has 2 N–H and O–H groups in total. The number of ether oxygens (including phenoxy) is 2. The van der Waals surface area contributed by atoms with Gasteiger partial charge in [0.1, 0.15) is 18.4 Å². The van der Waals surface area contributed by atoms with Crippen LogP contribution in [0.4, 0.5) is 4.79 Å². The van der Waals surface area contributed by atoms with Crippen LogP contribution in [0.3, 0.4) is 0 Å². The first-order valence-corrected chi connectivity index (χ1v) is 13.6. The van der Waals surface area contributed by atoms with Crippen molar-refractivity contribution in [3.63, 3.8) is 0 Å². The van der Waals surface area contributed by atoms with Crippen molar-refractivity contribution >= 4 is 35.6 Å². The molecule has 37 heavy (non-hydrogen) atoms. The molecule has 0 saturated heterocycles. The van der Waals surface area contributed by atoms with Gasteiger partial charge in [0, 0.05) is 36.9 Å². The highest BCUT2D eigenvalue weighted by molar-refractivity contribution is 7.99. The van der Waals surface area contributed by atoms with Crippen molar-refractivity contribution in [1.82, 2.24) is 5.32 Å². The van der Waals surface area contributed by atoms with Gasteiger partial charge in [0.25, 0.3) is 0 Å². The van der Waals surface area contributed by atoms with Crippen molar-refractivity contribution in [2.24, 2.45) is 5.92 Å². The highest BCUT2D eigenvalue weighted by atomic mass is 32.2. The van der Waals surface area contributed by atoms with Gasteiger partial charge in [0.15, 0.2) is 0 Å². The molecular weight excluding hydrogens is 494 g/mol. The Morgan fingerprint density at radius 2 is 1.54 bits per heavy atom. The van der Waals surface area contributed by atoms with Crippen molar-refractivity contribution in [2.75, 3.05) is 24.7 Å². The number of nitrogens with one attached hydrogen (secondary N) is 1. The number of rotatable bonds is 14. The summed E-state index contributed by atoms with van der Waals surface area (Å²) in [4.78, 5) is 47.7. The summed E-state index contributed by atoms with van der Waals surface area (Å²) in [6.07, 6.45) is 0.0684. The molecule has 0 aromatic heterocycles. The third-order valence-electron chi connectivity index (χ3n) is 6.25. The second-order valence-electron chi connectivity index (χ2n) is 8.90. The van der Waals surface area contributed by atoms with Gasteiger partial charge in [0.05, 0.1) is 6.61 Å². The summed E-state index contributed by atoms with van der Waals surface area (Å²) in [5.41, 5.74) is 4.34. The van der Waals surface area contributed by atoms with Crippen LogP contribution in [0, 0.1) is 5.92 Å². The van der Waals surface area contributed by atoms with Crippen LogP contribution in [0.15, 0.2) is 48.5 Å². The summed E-state index contributed by atoms with van der Waals surface area (Å²) in [6, 6.07) is 14.8. The van der Waals surface area contributed by atoms with Crippen molar-refractivity contribution in [2.45, 2.75) is 45.1 Å². The Hall–Kier alpha value is -3.33. The summed E-state index contributed by atoms with van der Waals surface area (Å²) in [5, 5.41) is 12.1. The van der Waals surface area contributed by atoms with E-state index in [0.717, 1.165) is 22.3 Å². The molecule has 3 rings (SSSR count). The summed E-state index contributed by atoms with van der Waals surface area (Å²) in [7, 11) is 0. The summed E-state index contributed by atoms with van der Waals surface area (Å²) < 4.78 is 10.7. The molecule has 2 aromatic rings. The standard InChI is InChI=1S/C28H33NO7S/c1-3-19(30)13-18(14-35-26(31)4-2)16-37-17-25(27(32)33)29-28(34)36-15-24-22-11-7-5-9-20(22)21-10-6-8-12-23(21)24/h5-12,18,24-25H,3-4,13-17H2,1-2H3,(H,29,34)(H,32,33). The van der Waals surface area contributed by atoms with E-state index in [2.05, 4.69) is 5.32 Å². The molecule has 0 spiro atoms. The smallest absolute Gasteiger partial charge is 0.407 e. The highest BCUT2D eigenvalue weighted by Crippen LogP contribution is 2.44. The molecule has 8 nitrogen and oxygen atoms in total. The van der Waals surface area contributed by atoms with E-state index in [9.17, 15) is 24.3 Å². The first kappa shape index (κ1) is 28.2. The maximum Gasteiger partial charge on any atom is 0.407 e. The number of ketones is 1. The van der Waals surface area contributed by atoms with Crippen LogP contribution < -0.4 is 5.32 Å². The van der Waals surface area contributed by atoms with Crippen molar-refractivity contribution in [3.8, 4) is 11.1 Å². The molecule has 0 fully saturated rings. The number of hydrogen-bond donors (Lipinski definition) is 2. The summed E-state index contributed by atoms with van der Waals surface area (Å²) in [6.45, 7) is 3.64. The minimum absolute atomic E-state index is 0.0460. The Morgan fingerprint density at radius 1 is 0.919 bits per heavy atom. The van der Waals surface area contributed by atoms with Crippen molar-refractivity contribution < 1.29 is 33.8 Å². The lowest BCUT2D eigenvalue weighted by Crippen LogP contribution is -2.43. The fraction of sp³-hybridized carbons (Fsp3) is 0.429. The molecule has 1 amide bonds. The predicted octanol–water partition coefficient (Wildman–Crippen LogP) is 4.65. The van der Waals surface area contributed by atoms with Crippen LogP contribution in [-0.4, -0.2) is 59.7 Å². The average molecular weight is 528 g/mol. The van der Waals surface area contributed by atoms with Gasteiger partial charge in [-0.3, -0.25) is 9.59 Å². The molecule has 2 aromatic carbocycles. The number of carbonyl (C=O) groups is 4. The molecule has 0 heterocycles. The molecule has 1 aliphatic rings. The Balaban J connectivity index is 1.53. The van der Waals surface area contributed by atoms with E-state index in [1.807, 2.05) is 48.5 Å². The zero-order valence-electron chi connectivity index (χ0n) is 21.1. The van der Waals surface area contributed by atoms with Crippen molar-refractivity contribution in [1.29, 1.82) is 0 Å². The fourth-order valence-electron chi connectivity index (χ4n) is 4.25. The van der Waals surface area contributed by atoms with E-state index >= 15 is 0 Å². The Bertz CT molecular complexity index is 1070. The lowest BCUT2D eigenvalue weighted by Gasteiger charge is -2.19. The normalized spacial score (nSPS) is 13.7. The van der Waals surface area contributed by atoms with Gasteiger partial charge in [-0.2, -0.15) is 11.8 Å². The Labute approximate surface area is 221 Å². The predicted molar refractivity (Wildman–Crippen MR) is 142 cm³/mol. The summed E-state index contributed by atoms with van der Waals surface area (Å²) >= 11 is 1.28. The Morgan fingerprint density at radius 3 is 2.11 bits per heavy atom. The van der Waals surface area contributed by atoms with Gasteiger partial charge in [-0.1, -0.05) is 62.4 Å². The maximum absolute atomic E-state index is 12.5. The number of carboxylic acid groups (broad SMARTS) is 1. The number of carbonyl (C=O) groups excluding carboxylic acids is 3. The Kier molecular flexibility index (Phi) is 10.6. The van der Waals surface area contributed by atoms with Gasteiger partial charge in [0.2, 0.25) is 0 Å². The fourth-order valence-corrected chi connectivity index (χ4v) is 5.40. The number of hydrogen-bond acceptors (Lipinski definition) is 7. The molecule has 0 bridgehead atoms. The third kappa shape index (κ3) is 7.82. The zero-order chi connectivity index (χ0) is 26.8. The van der Waals surface area contributed by atoms with Crippen LogP contribution in [-0.2, 0) is 23.9 Å². The number of thioether (sulfide) groups is 1. The second-order valence-corrected chi connectivity index (χ2v) is 9.97. The van der Waals surface area contributed by atoms with Gasteiger partial charge < -0.3 is 19.9 Å². The topological polar surface area (TPSA) is 119 Å². The van der Waals surface area contributed by atoms with E-state index in [4.69, 9.17) is 9.47 Å². The van der Waals surface area contributed by atoms with E-state index in [0.29, 0.717) is 12.2 Å². The quantitative estimate of drug-likeness (QED) is 0.341. The minimum atomic E-state index is -1.18. The molecular formula is C28H33NO7S. The molecule has 0 saturated carbocycles. The number of alkyl carbamates (subject to hydrolysis) is 1. The highest BCUT2D eigenvalue weighted by Gasteiger charge is 2.30. The van der Waals surface area contributed by atoms with E-state index < -0.39 is 18.1 Å². The van der Waals surface area contributed by atoms with Gasteiger partial charge in [-0.25, -0.2) is 9.59 Å². The minimum Gasteiger partial charge on any atom is -0.480 e. The largest absolute Gasteiger partial charge is 0.480 e. The number of aliphatic carboxylic acids is 1. The third-order valence-corrected chi connectivity index (χ3v) is 7.53. The molecule has 0 aliphatic heterocycles. The van der Waals surface area contributed by atoms with Crippen LogP contribution >= 0.6 is 11.8 Å². The first-order valence-electron chi connectivity index (χ1n) is 12.4. The van der Waals surface area contributed by atoms with Crippen LogP contribution in [0.2, 0.25) is 0 Å². The number of esters is 1. The number of amides is 1. The number of fused-ring (bicyclic) bond motifs is 3. The van der Waals surface area contributed by atoms with Crippen LogP contribution in [0.5, 0.6) is 0 Å².